The van der Waals surface area contributed by atoms with Crippen LogP contribution in [0, 0.1) is 0 Å². The number of hydrogen-bond donors (Lipinski definition) is 1. The van der Waals surface area contributed by atoms with E-state index in [0.717, 1.165) is 25.2 Å². The van der Waals surface area contributed by atoms with Crippen molar-refractivity contribution in [2.24, 2.45) is 0 Å². The van der Waals surface area contributed by atoms with Crippen molar-refractivity contribution in [2.45, 2.75) is 44.8 Å². The summed E-state index contributed by atoms with van der Waals surface area (Å²) in [6, 6.07) is 18.6. The molecule has 1 unspecified atom stereocenters. The second-order valence-electron chi connectivity index (χ2n) is 8.03. The molecule has 0 spiro atoms. The normalized spacial score (nSPS) is 19.0. The molecule has 1 atom stereocenters. The predicted octanol–water partition coefficient (Wildman–Crippen LogP) is 3.74. The highest BCUT2D eigenvalue weighted by atomic mass is 16.2. The predicted molar refractivity (Wildman–Crippen MR) is 113 cm³/mol. The first-order valence-corrected chi connectivity index (χ1v) is 10.7. The highest BCUT2D eigenvalue weighted by Gasteiger charge is 2.29. The van der Waals surface area contributed by atoms with Crippen LogP contribution in [0.1, 0.15) is 48.4 Å². The Morgan fingerprint density at radius 3 is 2.14 bits per heavy atom. The van der Waals surface area contributed by atoms with E-state index < -0.39 is 0 Å². The Bertz CT molecular complexity index is 764. The molecule has 148 valence electrons. The number of amides is 1. The zero-order valence-corrected chi connectivity index (χ0v) is 16.6. The molecule has 0 aromatic heterocycles. The maximum atomic E-state index is 13.2. The van der Waals surface area contributed by atoms with Gasteiger partial charge in [-0.05, 0) is 68.6 Å². The second-order valence-corrected chi connectivity index (χ2v) is 8.03. The Hall–Kier alpha value is -2.17. The maximum absolute atomic E-state index is 13.2. The molecule has 4 nitrogen and oxygen atoms in total. The number of nitrogens with one attached hydrogen (secondary N) is 1. The van der Waals surface area contributed by atoms with Crippen molar-refractivity contribution in [3.8, 4) is 0 Å². The Morgan fingerprint density at radius 1 is 0.821 bits per heavy atom. The van der Waals surface area contributed by atoms with Crippen LogP contribution in [0.2, 0.25) is 0 Å². The SMILES string of the molecule is O=C(NCc1ccccc1CN1CCCC1)C(c1ccccc1)N1CCCC1. The molecule has 2 aromatic rings. The fourth-order valence-corrected chi connectivity index (χ4v) is 4.51. The summed E-state index contributed by atoms with van der Waals surface area (Å²) in [5, 5.41) is 3.24. The zero-order valence-electron chi connectivity index (χ0n) is 16.6. The van der Waals surface area contributed by atoms with Crippen molar-refractivity contribution in [3.63, 3.8) is 0 Å². The van der Waals surface area contributed by atoms with E-state index in [-0.39, 0.29) is 11.9 Å². The van der Waals surface area contributed by atoms with Gasteiger partial charge < -0.3 is 5.32 Å². The number of hydrogen-bond acceptors (Lipinski definition) is 3. The molecule has 2 saturated heterocycles. The minimum atomic E-state index is -0.186. The van der Waals surface area contributed by atoms with Gasteiger partial charge in [0, 0.05) is 13.1 Å². The van der Waals surface area contributed by atoms with E-state index in [1.54, 1.807) is 0 Å². The smallest absolute Gasteiger partial charge is 0.242 e. The lowest BCUT2D eigenvalue weighted by atomic mass is 10.0. The standard InChI is InChI=1S/C24H31N3O/c28-24(23(27-16-8-9-17-27)20-10-2-1-3-11-20)25-18-21-12-4-5-13-22(21)19-26-14-6-7-15-26/h1-5,10-13,23H,6-9,14-19H2,(H,25,28). The van der Waals surface area contributed by atoms with Gasteiger partial charge in [0.25, 0.3) is 0 Å². The first-order valence-electron chi connectivity index (χ1n) is 10.7. The number of benzene rings is 2. The van der Waals surface area contributed by atoms with Crippen LogP contribution in [-0.4, -0.2) is 41.9 Å². The van der Waals surface area contributed by atoms with Crippen LogP contribution < -0.4 is 5.32 Å². The summed E-state index contributed by atoms with van der Waals surface area (Å²) in [7, 11) is 0. The lowest BCUT2D eigenvalue weighted by molar-refractivity contribution is -0.126. The molecule has 2 heterocycles. The summed E-state index contributed by atoms with van der Waals surface area (Å²) in [6.07, 6.45) is 4.95. The molecular formula is C24H31N3O. The molecule has 2 aliphatic rings. The summed E-state index contributed by atoms with van der Waals surface area (Å²) < 4.78 is 0. The number of nitrogens with zero attached hydrogens (tertiary/aromatic N) is 2. The van der Waals surface area contributed by atoms with Crippen molar-refractivity contribution >= 4 is 5.91 Å². The van der Waals surface area contributed by atoms with E-state index in [0.29, 0.717) is 6.54 Å². The summed E-state index contributed by atoms with van der Waals surface area (Å²) in [5.74, 6) is 0.115. The molecular weight excluding hydrogens is 346 g/mol. The quantitative estimate of drug-likeness (QED) is 0.798. The number of likely N-dealkylation sites (tertiary alicyclic amines) is 2. The van der Waals surface area contributed by atoms with Crippen LogP contribution >= 0.6 is 0 Å². The molecule has 4 rings (SSSR count). The molecule has 0 bridgehead atoms. The molecule has 2 aliphatic heterocycles. The Labute approximate surface area is 168 Å². The Balaban J connectivity index is 1.45. The zero-order chi connectivity index (χ0) is 19.2. The highest BCUT2D eigenvalue weighted by Crippen LogP contribution is 2.25. The minimum Gasteiger partial charge on any atom is -0.350 e. The van der Waals surface area contributed by atoms with Gasteiger partial charge in [-0.15, -0.1) is 0 Å². The minimum absolute atomic E-state index is 0.115. The molecule has 0 radical (unpaired) electrons. The van der Waals surface area contributed by atoms with Crippen molar-refractivity contribution < 1.29 is 4.79 Å². The topological polar surface area (TPSA) is 35.6 Å². The third kappa shape index (κ3) is 4.62. The average Bonchev–Trinajstić information content (AvgIpc) is 3.43. The van der Waals surface area contributed by atoms with Gasteiger partial charge >= 0.3 is 0 Å². The van der Waals surface area contributed by atoms with Gasteiger partial charge in [-0.25, -0.2) is 0 Å². The van der Waals surface area contributed by atoms with Crippen molar-refractivity contribution in [1.29, 1.82) is 0 Å². The van der Waals surface area contributed by atoms with Gasteiger partial charge in [0.2, 0.25) is 5.91 Å². The molecule has 2 fully saturated rings. The van der Waals surface area contributed by atoms with Crippen LogP contribution in [0.3, 0.4) is 0 Å². The number of carbonyl (C=O) groups excluding carboxylic acids is 1. The van der Waals surface area contributed by atoms with E-state index in [2.05, 4.69) is 51.5 Å². The van der Waals surface area contributed by atoms with Crippen LogP contribution in [0.4, 0.5) is 0 Å². The maximum Gasteiger partial charge on any atom is 0.242 e. The monoisotopic (exact) mass is 377 g/mol. The fraction of sp³-hybridized carbons (Fsp3) is 0.458. The first-order chi connectivity index (χ1) is 13.8. The summed E-state index contributed by atoms with van der Waals surface area (Å²) in [6.45, 7) is 5.95. The lowest BCUT2D eigenvalue weighted by Crippen LogP contribution is -2.39. The van der Waals surface area contributed by atoms with Gasteiger partial charge in [-0.2, -0.15) is 0 Å². The van der Waals surface area contributed by atoms with Crippen molar-refractivity contribution in [1.82, 2.24) is 15.1 Å². The number of carbonyl (C=O) groups is 1. The summed E-state index contributed by atoms with van der Waals surface area (Å²) in [4.78, 5) is 18.0. The van der Waals surface area contributed by atoms with Gasteiger partial charge in [0.1, 0.15) is 6.04 Å². The average molecular weight is 378 g/mol. The highest BCUT2D eigenvalue weighted by molar-refractivity contribution is 5.83. The number of rotatable bonds is 7. The molecule has 0 aliphatic carbocycles. The molecule has 2 aromatic carbocycles. The van der Waals surface area contributed by atoms with Crippen molar-refractivity contribution in [2.75, 3.05) is 26.2 Å². The van der Waals surface area contributed by atoms with Crippen LogP contribution in [0.25, 0.3) is 0 Å². The third-order valence-corrected chi connectivity index (χ3v) is 6.03. The van der Waals surface area contributed by atoms with E-state index >= 15 is 0 Å². The largest absolute Gasteiger partial charge is 0.350 e. The molecule has 1 N–H and O–H groups in total. The fourth-order valence-electron chi connectivity index (χ4n) is 4.51. The second kappa shape index (κ2) is 9.35. The van der Waals surface area contributed by atoms with E-state index in [1.165, 1.54) is 49.9 Å². The van der Waals surface area contributed by atoms with Gasteiger partial charge in [-0.1, -0.05) is 54.6 Å². The van der Waals surface area contributed by atoms with E-state index in [1.807, 2.05) is 18.2 Å². The first kappa shape index (κ1) is 19.2. The molecule has 1 amide bonds. The van der Waals surface area contributed by atoms with Crippen LogP contribution in [0.15, 0.2) is 54.6 Å². The Morgan fingerprint density at radius 2 is 1.43 bits per heavy atom. The Kier molecular flexibility index (Phi) is 6.40. The van der Waals surface area contributed by atoms with Gasteiger partial charge in [0.15, 0.2) is 0 Å². The van der Waals surface area contributed by atoms with E-state index in [9.17, 15) is 4.79 Å². The van der Waals surface area contributed by atoms with Crippen LogP contribution in [0.5, 0.6) is 0 Å². The van der Waals surface area contributed by atoms with Crippen molar-refractivity contribution in [3.05, 3.63) is 71.3 Å². The molecule has 28 heavy (non-hydrogen) atoms. The third-order valence-electron chi connectivity index (χ3n) is 6.03. The summed E-state index contributed by atoms with van der Waals surface area (Å²) >= 11 is 0. The van der Waals surface area contributed by atoms with E-state index in [4.69, 9.17) is 0 Å². The van der Waals surface area contributed by atoms with Crippen LogP contribution in [-0.2, 0) is 17.9 Å². The lowest BCUT2D eigenvalue weighted by Gasteiger charge is -2.27. The molecule has 4 heteroatoms. The summed E-state index contributed by atoms with van der Waals surface area (Å²) in [5.41, 5.74) is 3.66. The van der Waals surface area contributed by atoms with Gasteiger partial charge in [-0.3, -0.25) is 14.6 Å². The van der Waals surface area contributed by atoms with Gasteiger partial charge in [0.05, 0.1) is 0 Å². The molecule has 0 saturated carbocycles.